The number of nitrogens with two attached hydrogens (primary N) is 1. The summed E-state index contributed by atoms with van der Waals surface area (Å²) in [4.78, 5) is 23.9. The normalized spacial score (nSPS) is 14.8. The SMILES string of the molecule is C[C@@H](N)[C@H](NC(=O)c1ccc(C#C/C=C/c2ccc(CCC3CC3)cc2)cc1)C(=O)NO. The Morgan fingerprint density at radius 1 is 1.16 bits per heavy atom. The monoisotopic (exact) mass is 431 g/mol. The first-order chi connectivity index (χ1) is 15.5. The number of hydrogen-bond donors (Lipinski definition) is 4. The van der Waals surface area contributed by atoms with Crippen molar-refractivity contribution in [3.05, 3.63) is 76.9 Å². The zero-order chi connectivity index (χ0) is 22.9. The van der Waals surface area contributed by atoms with Gasteiger partial charge >= 0.3 is 0 Å². The van der Waals surface area contributed by atoms with E-state index in [0.29, 0.717) is 5.56 Å². The van der Waals surface area contributed by atoms with Crippen LogP contribution in [0.5, 0.6) is 0 Å². The van der Waals surface area contributed by atoms with Crippen molar-refractivity contribution in [1.29, 1.82) is 0 Å². The molecule has 1 aliphatic rings. The second-order valence-corrected chi connectivity index (χ2v) is 8.19. The van der Waals surface area contributed by atoms with E-state index in [0.717, 1.165) is 23.5 Å². The summed E-state index contributed by atoms with van der Waals surface area (Å²) in [5.74, 6) is 5.76. The molecule has 2 aromatic carbocycles. The fourth-order valence-electron chi connectivity index (χ4n) is 3.27. The number of allylic oxidation sites excluding steroid dienone is 1. The Kier molecular flexibility index (Phi) is 8.20. The van der Waals surface area contributed by atoms with Gasteiger partial charge in [-0.05, 0) is 73.2 Å². The Labute approximate surface area is 188 Å². The third kappa shape index (κ3) is 7.09. The summed E-state index contributed by atoms with van der Waals surface area (Å²) in [6.07, 6.45) is 9.02. The van der Waals surface area contributed by atoms with Crippen LogP contribution in [0.1, 0.15) is 53.2 Å². The number of carbonyl (C=O) groups excluding carboxylic acids is 2. The molecule has 0 unspecified atom stereocenters. The van der Waals surface area contributed by atoms with Gasteiger partial charge in [0.05, 0.1) is 0 Å². The Balaban J connectivity index is 1.53. The quantitative estimate of drug-likeness (QED) is 0.293. The van der Waals surface area contributed by atoms with Crippen molar-refractivity contribution in [1.82, 2.24) is 10.8 Å². The molecule has 2 amide bonds. The Morgan fingerprint density at radius 3 is 2.44 bits per heavy atom. The van der Waals surface area contributed by atoms with Crippen LogP contribution in [-0.4, -0.2) is 29.1 Å². The molecule has 6 heteroatoms. The van der Waals surface area contributed by atoms with Crippen LogP contribution in [0.2, 0.25) is 0 Å². The molecule has 0 radical (unpaired) electrons. The van der Waals surface area contributed by atoms with Crippen LogP contribution in [0.3, 0.4) is 0 Å². The lowest BCUT2D eigenvalue weighted by Crippen LogP contribution is -2.54. The minimum Gasteiger partial charge on any atom is -0.339 e. The average Bonchev–Trinajstić information content (AvgIpc) is 3.64. The summed E-state index contributed by atoms with van der Waals surface area (Å²) in [7, 11) is 0. The molecule has 1 fully saturated rings. The molecule has 0 bridgehead atoms. The zero-order valence-corrected chi connectivity index (χ0v) is 18.2. The predicted octanol–water partition coefficient (Wildman–Crippen LogP) is 3.05. The van der Waals surface area contributed by atoms with Gasteiger partial charge in [0.25, 0.3) is 11.8 Å². The molecule has 2 aromatic rings. The average molecular weight is 432 g/mol. The molecule has 32 heavy (non-hydrogen) atoms. The summed E-state index contributed by atoms with van der Waals surface area (Å²) < 4.78 is 0. The summed E-state index contributed by atoms with van der Waals surface area (Å²) in [6.45, 7) is 1.57. The van der Waals surface area contributed by atoms with E-state index in [1.807, 2.05) is 6.08 Å². The zero-order valence-electron chi connectivity index (χ0n) is 18.2. The van der Waals surface area contributed by atoms with Gasteiger partial charge in [-0.3, -0.25) is 14.8 Å². The summed E-state index contributed by atoms with van der Waals surface area (Å²) >= 11 is 0. The van der Waals surface area contributed by atoms with Gasteiger partial charge in [-0.2, -0.15) is 0 Å². The molecule has 0 heterocycles. The maximum atomic E-state index is 12.3. The Bertz CT molecular complexity index is 1010. The van der Waals surface area contributed by atoms with Gasteiger partial charge in [-0.25, -0.2) is 5.48 Å². The van der Waals surface area contributed by atoms with Gasteiger partial charge in [0.2, 0.25) is 0 Å². The number of nitrogens with one attached hydrogen (secondary N) is 2. The van der Waals surface area contributed by atoms with E-state index in [1.54, 1.807) is 37.3 Å². The number of rotatable bonds is 8. The van der Waals surface area contributed by atoms with Crippen LogP contribution < -0.4 is 16.5 Å². The van der Waals surface area contributed by atoms with Crippen LogP contribution >= 0.6 is 0 Å². The molecular formula is C26H29N3O3. The molecule has 5 N–H and O–H groups in total. The van der Waals surface area contributed by atoms with Crippen LogP contribution in [0.15, 0.2) is 54.6 Å². The maximum Gasteiger partial charge on any atom is 0.267 e. The van der Waals surface area contributed by atoms with Crippen LogP contribution in [0, 0.1) is 17.8 Å². The van der Waals surface area contributed by atoms with Gasteiger partial charge < -0.3 is 11.1 Å². The molecule has 0 aromatic heterocycles. The van der Waals surface area contributed by atoms with Crippen molar-refractivity contribution in [2.45, 2.75) is 44.7 Å². The summed E-state index contributed by atoms with van der Waals surface area (Å²) in [5.41, 5.74) is 10.8. The molecule has 166 valence electrons. The van der Waals surface area contributed by atoms with E-state index < -0.39 is 23.9 Å². The molecule has 6 nitrogen and oxygen atoms in total. The molecule has 0 spiro atoms. The van der Waals surface area contributed by atoms with E-state index in [-0.39, 0.29) is 0 Å². The second kappa shape index (κ2) is 11.3. The van der Waals surface area contributed by atoms with Crippen LogP contribution in [0.25, 0.3) is 6.08 Å². The van der Waals surface area contributed by atoms with Gasteiger partial charge in [-0.15, -0.1) is 0 Å². The minimum absolute atomic E-state index is 0.365. The van der Waals surface area contributed by atoms with E-state index in [4.69, 9.17) is 10.9 Å². The fourth-order valence-corrected chi connectivity index (χ4v) is 3.27. The van der Waals surface area contributed by atoms with Crippen molar-refractivity contribution in [3.63, 3.8) is 0 Å². The molecule has 1 saturated carbocycles. The standard InChI is InChI=1S/C26H29N3O3/c1-18(27)24(26(31)29-32)28-25(30)23-16-14-20(15-17-23)5-3-2-4-19-6-8-21(9-7-19)10-11-22-12-13-22/h2,4,6-9,14-18,22,24,32H,10-13,27H2,1H3,(H,28,30)(H,29,31)/b4-2+/t18-,24+/m1/s1. The highest BCUT2D eigenvalue weighted by atomic mass is 16.5. The second-order valence-electron chi connectivity index (χ2n) is 8.19. The molecular weight excluding hydrogens is 402 g/mol. The van der Waals surface area contributed by atoms with E-state index in [9.17, 15) is 9.59 Å². The highest BCUT2D eigenvalue weighted by Crippen LogP contribution is 2.33. The smallest absolute Gasteiger partial charge is 0.267 e. The first-order valence-electron chi connectivity index (χ1n) is 10.8. The van der Waals surface area contributed by atoms with E-state index in [2.05, 4.69) is 41.4 Å². The summed E-state index contributed by atoms with van der Waals surface area (Å²) in [5, 5.41) is 11.3. The van der Waals surface area contributed by atoms with Crippen LogP contribution in [-0.2, 0) is 11.2 Å². The Morgan fingerprint density at radius 2 is 1.84 bits per heavy atom. The fraction of sp³-hybridized carbons (Fsp3) is 0.308. The maximum absolute atomic E-state index is 12.3. The van der Waals surface area contributed by atoms with Gasteiger partial charge in [0, 0.05) is 17.2 Å². The Hall–Kier alpha value is -3.40. The largest absolute Gasteiger partial charge is 0.339 e. The lowest BCUT2D eigenvalue weighted by Gasteiger charge is -2.19. The first kappa shape index (κ1) is 23.3. The highest BCUT2D eigenvalue weighted by Gasteiger charge is 2.24. The lowest BCUT2D eigenvalue weighted by molar-refractivity contribution is -0.131. The number of hydroxylamine groups is 1. The van der Waals surface area contributed by atoms with Crippen molar-refractivity contribution < 1.29 is 14.8 Å². The minimum atomic E-state index is -1.04. The predicted molar refractivity (Wildman–Crippen MR) is 125 cm³/mol. The third-order valence-corrected chi connectivity index (χ3v) is 5.45. The molecule has 0 aliphatic heterocycles. The number of hydrogen-bond acceptors (Lipinski definition) is 4. The highest BCUT2D eigenvalue weighted by molar-refractivity contribution is 5.97. The van der Waals surface area contributed by atoms with E-state index >= 15 is 0 Å². The van der Waals surface area contributed by atoms with Crippen molar-refractivity contribution in [3.8, 4) is 11.8 Å². The van der Waals surface area contributed by atoms with Gasteiger partial charge in [-0.1, -0.05) is 48.9 Å². The third-order valence-electron chi connectivity index (χ3n) is 5.45. The lowest BCUT2D eigenvalue weighted by atomic mass is 10.1. The number of aryl methyl sites for hydroxylation is 1. The molecule has 1 aliphatic carbocycles. The van der Waals surface area contributed by atoms with Crippen LogP contribution in [0.4, 0.5) is 0 Å². The first-order valence-corrected chi connectivity index (χ1v) is 10.8. The topological polar surface area (TPSA) is 104 Å². The van der Waals surface area contributed by atoms with Crippen molar-refractivity contribution >= 4 is 17.9 Å². The van der Waals surface area contributed by atoms with Gasteiger partial charge in [0.15, 0.2) is 0 Å². The van der Waals surface area contributed by atoms with Crippen molar-refractivity contribution in [2.75, 3.05) is 0 Å². The number of carbonyl (C=O) groups is 2. The van der Waals surface area contributed by atoms with Gasteiger partial charge in [0.1, 0.15) is 6.04 Å². The van der Waals surface area contributed by atoms with E-state index in [1.165, 1.54) is 30.3 Å². The number of amides is 2. The molecule has 3 rings (SSSR count). The molecule has 0 saturated heterocycles. The van der Waals surface area contributed by atoms with Crippen molar-refractivity contribution in [2.24, 2.45) is 11.7 Å². The molecule has 2 atom stereocenters. The summed E-state index contributed by atoms with van der Waals surface area (Å²) in [6, 6.07) is 13.6. The number of benzene rings is 2.